The minimum atomic E-state index is -4.27. The van der Waals surface area contributed by atoms with E-state index in [0.29, 0.717) is 0 Å². The van der Waals surface area contributed by atoms with Gasteiger partial charge in [0.05, 0.1) is 6.42 Å². The van der Waals surface area contributed by atoms with E-state index in [4.69, 9.17) is 11.6 Å². The van der Waals surface area contributed by atoms with E-state index < -0.39 is 24.5 Å². The second-order valence-corrected chi connectivity index (χ2v) is 4.18. The Hall–Kier alpha value is -0.810. The van der Waals surface area contributed by atoms with Gasteiger partial charge in [0.1, 0.15) is 5.82 Å². The van der Waals surface area contributed by atoms with Gasteiger partial charge in [-0.2, -0.15) is 13.2 Å². The van der Waals surface area contributed by atoms with Gasteiger partial charge in [0.25, 0.3) is 0 Å². The first-order chi connectivity index (χ1) is 7.81. The van der Waals surface area contributed by atoms with Crippen molar-refractivity contribution in [2.75, 3.05) is 7.05 Å². The highest BCUT2D eigenvalue weighted by molar-refractivity contribution is 6.30. The normalized spacial score (nSPS) is 13.8. The van der Waals surface area contributed by atoms with Crippen LogP contribution in [0.15, 0.2) is 18.2 Å². The van der Waals surface area contributed by atoms with Gasteiger partial charge in [-0.25, -0.2) is 4.39 Å². The molecule has 0 aliphatic heterocycles. The molecule has 1 aromatic carbocycles. The molecule has 96 valence electrons. The predicted molar refractivity (Wildman–Crippen MR) is 58.6 cm³/mol. The molecule has 1 nitrogen and oxygen atoms in total. The Morgan fingerprint density at radius 3 is 2.47 bits per heavy atom. The van der Waals surface area contributed by atoms with Gasteiger partial charge in [-0.3, -0.25) is 0 Å². The molecular formula is C11H12ClF4N. The summed E-state index contributed by atoms with van der Waals surface area (Å²) in [7, 11) is 1.42. The van der Waals surface area contributed by atoms with E-state index in [1.165, 1.54) is 19.2 Å². The zero-order chi connectivity index (χ0) is 13.1. The molecule has 17 heavy (non-hydrogen) atoms. The fraction of sp³-hybridized carbons (Fsp3) is 0.455. The maximum Gasteiger partial charge on any atom is 0.390 e. The lowest BCUT2D eigenvalue weighted by molar-refractivity contribution is -0.139. The lowest BCUT2D eigenvalue weighted by Crippen LogP contribution is -2.33. The summed E-state index contributed by atoms with van der Waals surface area (Å²) >= 11 is 5.56. The number of hydrogen-bond acceptors (Lipinski definition) is 1. The van der Waals surface area contributed by atoms with Crippen molar-refractivity contribution < 1.29 is 17.6 Å². The van der Waals surface area contributed by atoms with Crippen molar-refractivity contribution in [3.05, 3.63) is 34.6 Å². The van der Waals surface area contributed by atoms with Crippen LogP contribution in [0.5, 0.6) is 0 Å². The molecule has 0 amide bonds. The molecule has 0 spiro atoms. The molecule has 1 atom stereocenters. The zero-order valence-electron chi connectivity index (χ0n) is 9.11. The number of halogens is 5. The van der Waals surface area contributed by atoms with Crippen LogP contribution in [-0.2, 0) is 6.42 Å². The van der Waals surface area contributed by atoms with E-state index in [0.717, 1.165) is 6.07 Å². The van der Waals surface area contributed by atoms with Crippen LogP contribution in [0.2, 0.25) is 5.02 Å². The number of nitrogens with one attached hydrogen (secondary N) is 1. The third-order valence-corrected chi connectivity index (χ3v) is 2.60. The van der Waals surface area contributed by atoms with Gasteiger partial charge in [0.15, 0.2) is 0 Å². The molecule has 0 saturated carbocycles. The largest absolute Gasteiger partial charge is 0.390 e. The number of benzene rings is 1. The Kier molecular flexibility index (Phi) is 4.77. The van der Waals surface area contributed by atoms with Gasteiger partial charge in [-0.05, 0) is 31.2 Å². The van der Waals surface area contributed by atoms with Gasteiger partial charge < -0.3 is 5.32 Å². The van der Waals surface area contributed by atoms with Crippen LogP contribution in [0.3, 0.4) is 0 Å². The molecule has 0 radical (unpaired) electrons. The van der Waals surface area contributed by atoms with Crippen molar-refractivity contribution in [1.82, 2.24) is 5.32 Å². The SMILES string of the molecule is CNC(Cc1ccc(Cl)cc1F)CC(F)(F)F. The highest BCUT2D eigenvalue weighted by Crippen LogP contribution is 2.24. The smallest absolute Gasteiger partial charge is 0.316 e. The first-order valence-corrected chi connectivity index (χ1v) is 5.37. The van der Waals surface area contributed by atoms with E-state index in [-0.39, 0.29) is 17.0 Å². The number of likely N-dealkylation sites (N-methyl/N-ethyl adjacent to an activating group) is 1. The van der Waals surface area contributed by atoms with Crippen molar-refractivity contribution in [3.8, 4) is 0 Å². The molecule has 0 fully saturated rings. The summed E-state index contributed by atoms with van der Waals surface area (Å²) in [5.41, 5.74) is 0.220. The monoisotopic (exact) mass is 269 g/mol. The summed E-state index contributed by atoms with van der Waals surface area (Å²) in [6, 6.07) is 3.11. The zero-order valence-corrected chi connectivity index (χ0v) is 9.87. The quantitative estimate of drug-likeness (QED) is 0.824. The summed E-state index contributed by atoms with van der Waals surface area (Å²) in [4.78, 5) is 0. The number of alkyl halides is 3. The average molecular weight is 270 g/mol. The van der Waals surface area contributed by atoms with Crippen LogP contribution in [-0.4, -0.2) is 19.3 Å². The van der Waals surface area contributed by atoms with Crippen molar-refractivity contribution in [2.24, 2.45) is 0 Å². The van der Waals surface area contributed by atoms with Crippen molar-refractivity contribution in [2.45, 2.75) is 25.1 Å². The molecule has 0 aliphatic rings. The second-order valence-electron chi connectivity index (χ2n) is 3.74. The van der Waals surface area contributed by atoms with Crippen LogP contribution in [0.25, 0.3) is 0 Å². The molecule has 0 bridgehead atoms. The van der Waals surface area contributed by atoms with E-state index >= 15 is 0 Å². The molecule has 1 aromatic rings. The molecule has 0 aromatic heterocycles. The minimum absolute atomic E-state index is 0.0288. The second kappa shape index (κ2) is 5.69. The lowest BCUT2D eigenvalue weighted by atomic mass is 10.0. The fourth-order valence-electron chi connectivity index (χ4n) is 1.51. The van der Waals surface area contributed by atoms with Crippen LogP contribution >= 0.6 is 11.6 Å². The highest BCUT2D eigenvalue weighted by atomic mass is 35.5. The van der Waals surface area contributed by atoms with E-state index in [1.807, 2.05) is 0 Å². The van der Waals surface area contributed by atoms with E-state index in [1.54, 1.807) is 0 Å². The molecular weight excluding hydrogens is 258 g/mol. The molecule has 0 aliphatic carbocycles. The minimum Gasteiger partial charge on any atom is -0.316 e. The first kappa shape index (κ1) is 14.3. The summed E-state index contributed by atoms with van der Waals surface area (Å²) in [5, 5.41) is 2.75. The van der Waals surface area contributed by atoms with Crippen molar-refractivity contribution in [1.29, 1.82) is 0 Å². The third kappa shape index (κ3) is 4.91. The highest BCUT2D eigenvalue weighted by Gasteiger charge is 2.31. The van der Waals surface area contributed by atoms with Crippen LogP contribution < -0.4 is 5.32 Å². The average Bonchev–Trinajstić information content (AvgIpc) is 2.19. The first-order valence-electron chi connectivity index (χ1n) is 5.00. The summed E-state index contributed by atoms with van der Waals surface area (Å²) in [5.74, 6) is -0.583. The molecule has 1 unspecified atom stereocenters. The summed E-state index contributed by atoms with van der Waals surface area (Å²) in [6.07, 6.45) is -5.29. The third-order valence-electron chi connectivity index (χ3n) is 2.37. The Morgan fingerprint density at radius 2 is 2.00 bits per heavy atom. The van der Waals surface area contributed by atoms with Gasteiger partial charge in [-0.15, -0.1) is 0 Å². The summed E-state index contributed by atoms with van der Waals surface area (Å²) < 4.78 is 50.0. The molecule has 0 saturated heterocycles. The van der Waals surface area contributed by atoms with Gasteiger partial charge >= 0.3 is 6.18 Å². The van der Waals surface area contributed by atoms with Crippen LogP contribution in [0.1, 0.15) is 12.0 Å². The Morgan fingerprint density at radius 1 is 1.35 bits per heavy atom. The molecule has 6 heteroatoms. The van der Waals surface area contributed by atoms with Crippen molar-refractivity contribution >= 4 is 11.6 Å². The molecule has 1 N–H and O–H groups in total. The maximum atomic E-state index is 13.4. The van der Waals surface area contributed by atoms with E-state index in [2.05, 4.69) is 5.32 Å². The van der Waals surface area contributed by atoms with Gasteiger partial charge in [0.2, 0.25) is 0 Å². The van der Waals surface area contributed by atoms with Crippen LogP contribution in [0, 0.1) is 5.82 Å². The lowest BCUT2D eigenvalue weighted by Gasteiger charge is -2.18. The topological polar surface area (TPSA) is 12.0 Å². The summed E-state index contributed by atoms with van der Waals surface area (Å²) in [6.45, 7) is 0. The Bertz CT molecular complexity index is 378. The molecule has 1 rings (SSSR count). The van der Waals surface area contributed by atoms with E-state index in [9.17, 15) is 17.6 Å². The Balaban J connectivity index is 2.74. The van der Waals surface area contributed by atoms with Crippen molar-refractivity contribution in [3.63, 3.8) is 0 Å². The fourth-order valence-corrected chi connectivity index (χ4v) is 1.67. The van der Waals surface area contributed by atoms with Gasteiger partial charge in [-0.1, -0.05) is 17.7 Å². The number of hydrogen-bond donors (Lipinski definition) is 1. The van der Waals surface area contributed by atoms with Gasteiger partial charge in [0, 0.05) is 11.1 Å². The Labute approximate surface area is 102 Å². The standard InChI is InChI=1S/C11H12ClF4N/c1-17-9(6-11(14,15)16)4-7-2-3-8(12)5-10(7)13/h2-3,5,9,17H,4,6H2,1H3. The van der Waals surface area contributed by atoms with Crippen LogP contribution in [0.4, 0.5) is 17.6 Å². The number of rotatable bonds is 4. The predicted octanol–water partition coefficient (Wildman–Crippen LogP) is 3.56. The molecule has 0 heterocycles. The maximum absolute atomic E-state index is 13.4.